The molecule has 1 aliphatic rings. The van der Waals surface area contributed by atoms with Crippen LogP contribution in [0.4, 0.5) is 10.5 Å². The number of hydrogen-bond donors (Lipinski definition) is 2. The molecule has 1 unspecified atom stereocenters. The number of urea groups is 1. The number of rotatable bonds is 6. The second kappa shape index (κ2) is 11.0. The Balaban J connectivity index is 1.47. The van der Waals surface area contributed by atoms with Crippen LogP contribution in [0.15, 0.2) is 67.0 Å². The van der Waals surface area contributed by atoms with Crippen LogP contribution in [-0.4, -0.2) is 42.6 Å². The molecule has 1 aromatic heterocycles. The maximum atomic E-state index is 12.6. The third kappa shape index (κ3) is 6.47. The van der Waals surface area contributed by atoms with Crippen molar-refractivity contribution in [3.8, 4) is 11.1 Å². The number of carbonyl (C=O) groups excluding carboxylic acids is 1. The number of carbonyl (C=O) groups is 1. The Morgan fingerprint density at radius 1 is 1.06 bits per heavy atom. The summed E-state index contributed by atoms with van der Waals surface area (Å²) in [5.41, 5.74) is 4.04. The Kier molecular flexibility index (Phi) is 7.86. The van der Waals surface area contributed by atoms with E-state index in [2.05, 4.69) is 57.9 Å². The largest absolute Gasteiger partial charge is 0.337 e. The lowest BCUT2D eigenvalue weighted by Crippen LogP contribution is -2.38. The highest BCUT2D eigenvalue weighted by Gasteiger charge is 2.27. The predicted molar refractivity (Wildman–Crippen MR) is 136 cm³/mol. The summed E-state index contributed by atoms with van der Waals surface area (Å²) in [6, 6.07) is 17.4. The van der Waals surface area contributed by atoms with Crippen LogP contribution in [0.5, 0.6) is 0 Å². The summed E-state index contributed by atoms with van der Waals surface area (Å²) in [5, 5.41) is 6.86. The van der Waals surface area contributed by atoms with Crippen LogP contribution in [0.1, 0.15) is 24.3 Å². The third-order valence-electron chi connectivity index (χ3n) is 6.27. The van der Waals surface area contributed by atoms with Crippen molar-refractivity contribution in [2.24, 2.45) is 5.92 Å². The van der Waals surface area contributed by atoms with E-state index < -0.39 is 0 Å². The number of aromatic nitrogens is 1. The van der Waals surface area contributed by atoms with Crippen molar-refractivity contribution >= 4 is 34.9 Å². The van der Waals surface area contributed by atoms with Crippen molar-refractivity contribution in [1.82, 2.24) is 15.2 Å². The Labute approximate surface area is 205 Å². The third-order valence-corrected chi connectivity index (χ3v) is 6.71. The fourth-order valence-corrected chi connectivity index (χ4v) is 4.97. The summed E-state index contributed by atoms with van der Waals surface area (Å²) in [5.74, 6) is 0.738. The monoisotopic (exact) mass is 482 g/mol. The molecular weight excluding hydrogens is 455 g/mol. The van der Waals surface area contributed by atoms with Gasteiger partial charge in [0.2, 0.25) is 0 Å². The highest BCUT2D eigenvalue weighted by Crippen LogP contribution is 2.33. The molecule has 2 N–H and O–H groups in total. The number of halogens is 2. The van der Waals surface area contributed by atoms with Crippen molar-refractivity contribution in [2.45, 2.75) is 18.8 Å². The van der Waals surface area contributed by atoms with Crippen molar-refractivity contribution < 1.29 is 4.79 Å². The smallest absolute Gasteiger partial charge is 0.319 e. The van der Waals surface area contributed by atoms with E-state index in [1.54, 1.807) is 24.4 Å². The molecule has 0 saturated carbocycles. The predicted octanol–water partition coefficient (Wildman–Crippen LogP) is 6.30. The van der Waals surface area contributed by atoms with Gasteiger partial charge >= 0.3 is 6.03 Å². The standard InChI is InChI=1S/C26H28Cl2N4O/c1-32-11-8-20(9-12-32)25(17-30-26(33)31-24-14-22(27)13-23(28)15-24)19-6-4-18(5-7-19)21-3-2-10-29-16-21/h2-7,10,13-16,20,25H,8-9,11-12,17H2,1H3,(H2,30,31,33). The van der Waals surface area contributed by atoms with Crippen LogP contribution >= 0.6 is 23.2 Å². The number of piperidine rings is 1. The number of hydrogen-bond acceptors (Lipinski definition) is 3. The lowest BCUT2D eigenvalue weighted by Gasteiger charge is -2.35. The molecule has 1 fully saturated rings. The molecule has 33 heavy (non-hydrogen) atoms. The zero-order valence-electron chi connectivity index (χ0n) is 18.6. The highest BCUT2D eigenvalue weighted by molar-refractivity contribution is 6.35. The molecule has 1 aliphatic heterocycles. The highest BCUT2D eigenvalue weighted by atomic mass is 35.5. The van der Waals surface area contributed by atoms with E-state index in [0.29, 0.717) is 28.2 Å². The van der Waals surface area contributed by atoms with Gasteiger partial charge in [0, 0.05) is 40.6 Å². The quantitative estimate of drug-likeness (QED) is 0.433. The first kappa shape index (κ1) is 23.6. The van der Waals surface area contributed by atoms with Crippen LogP contribution in [0.25, 0.3) is 11.1 Å². The lowest BCUT2D eigenvalue weighted by molar-refractivity contribution is 0.195. The van der Waals surface area contributed by atoms with Gasteiger partial charge in [0.15, 0.2) is 0 Å². The van der Waals surface area contributed by atoms with Crippen molar-refractivity contribution in [3.63, 3.8) is 0 Å². The van der Waals surface area contributed by atoms with Crippen molar-refractivity contribution in [3.05, 3.63) is 82.6 Å². The molecule has 2 aromatic carbocycles. The zero-order valence-corrected chi connectivity index (χ0v) is 20.1. The minimum atomic E-state index is -0.266. The van der Waals surface area contributed by atoms with Gasteiger partial charge in [0.25, 0.3) is 0 Å². The first-order valence-corrected chi connectivity index (χ1v) is 11.9. The minimum Gasteiger partial charge on any atom is -0.337 e. The van der Waals surface area contributed by atoms with Gasteiger partial charge < -0.3 is 15.5 Å². The first-order valence-electron chi connectivity index (χ1n) is 11.2. The Morgan fingerprint density at radius 3 is 2.39 bits per heavy atom. The molecule has 0 aliphatic carbocycles. The fraction of sp³-hybridized carbons (Fsp3) is 0.308. The maximum Gasteiger partial charge on any atom is 0.319 e. The van der Waals surface area contributed by atoms with Gasteiger partial charge in [-0.05, 0) is 79.9 Å². The topological polar surface area (TPSA) is 57.3 Å². The van der Waals surface area contributed by atoms with E-state index in [0.717, 1.165) is 37.1 Å². The van der Waals surface area contributed by atoms with Gasteiger partial charge in [-0.1, -0.05) is 53.5 Å². The van der Waals surface area contributed by atoms with Gasteiger partial charge in [-0.2, -0.15) is 0 Å². The van der Waals surface area contributed by atoms with Crippen molar-refractivity contribution in [1.29, 1.82) is 0 Å². The van der Waals surface area contributed by atoms with E-state index in [9.17, 15) is 4.79 Å². The Morgan fingerprint density at radius 2 is 1.76 bits per heavy atom. The zero-order chi connectivity index (χ0) is 23.2. The van der Waals surface area contributed by atoms with Crippen LogP contribution < -0.4 is 10.6 Å². The summed E-state index contributed by atoms with van der Waals surface area (Å²) in [6.45, 7) is 2.70. The fourth-order valence-electron chi connectivity index (χ4n) is 4.45. The van der Waals surface area contributed by atoms with Crippen LogP contribution in [0, 0.1) is 5.92 Å². The molecule has 0 radical (unpaired) electrons. The molecule has 5 nitrogen and oxygen atoms in total. The maximum absolute atomic E-state index is 12.6. The summed E-state index contributed by atoms with van der Waals surface area (Å²) >= 11 is 12.1. The van der Waals surface area contributed by atoms with Gasteiger partial charge in [0.1, 0.15) is 0 Å². The lowest BCUT2D eigenvalue weighted by atomic mass is 9.79. The van der Waals surface area contributed by atoms with Gasteiger partial charge in [-0.15, -0.1) is 0 Å². The number of nitrogens with one attached hydrogen (secondary N) is 2. The van der Waals surface area contributed by atoms with Crippen LogP contribution in [0.2, 0.25) is 10.0 Å². The SMILES string of the molecule is CN1CCC(C(CNC(=O)Nc2cc(Cl)cc(Cl)c2)c2ccc(-c3cccnc3)cc2)CC1. The number of likely N-dealkylation sites (tertiary alicyclic amines) is 1. The molecule has 2 amide bonds. The van der Waals surface area contributed by atoms with Gasteiger partial charge in [-0.3, -0.25) is 4.98 Å². The van der Waals surface area contributed by atoms with Crippen LogP contribution in [-0.2, 0) is 0 Å². The average Bonchev–Trinajstić information content (AvgIpc) is 2.80. The van der Waals surface area contributed by atoms with E-state index >= 15 is 0 Å². The van der Waals surface area contributed by atoms with Gasteiger partial charge in [-0.25, -0.2) is 4.79 Å². The second-order valence-corrected chi connectivity index (χ2v) is 9.48. The molecule has 1 saturated heterocycles. The van der Waals surface area contributed by atoms with Crippen LogP contribution in [0.3, 0.4) is 0 Å². The summed E-state index contributed by atoms with van der Waals surface area (Å²) in [6.07, 6.45) is 5.87. The Hall–Kier alpha value is -2.60. The van der Waals surface area contributed by atoms with E-state index in [1.807, 2.05) is 12.3 Å². The molecular formula is C26H28Cl2N4O. The molecule has 2 heterocycles. The number of benzene rings is 2. The van der Waals surface area contributed by atoms with E-state index in [-0.39, 0.29) is 11.9 Å². The van der Waals surface area contributed by atoms with Gasteiger partial charge in [0.05, 0.1) is 0 Å². The number of pyridine rings is 1. The molecule has 0 bridgehead atoms. The van der Waals surface area contributed by atoms with E-state index in [4.69, 9.17) is 23.2 Å². The second-order valence-electron chi connectivity index (χ2n) is 8.60. The summed E-state index contributed by atoms with van der Waals surface area (Å²) in [7, 11) is 2.16. The summed E-state index contributed by atoms with van der Waals surface area (Å²) in [4.78, 5) is 19.2. The van der Waals surface area contributed by atoms with E-state index in [1.165, 1.54) is 5.56 Å². The first-order chi connectivity index (χ1) is 16.0. The Bertz CT molecular complexity index is 1050. The normalized spacial score (nSPS) is 15.7. The minimum absolute atomic E-state index is 0.232. The number of anilines is 1. The molecule has 0 spiro atoms. The molecule has 1 atom stereocenters. The molecule has 7 heteroatoms. The average molecular weight is 483 g/mol. The molecule has 4 rings (SSSR count). The summed E-state index contributed by atoms with van der Waals surface area (Å²) < 4.78 is 0. The molecule has 3 aromatic rings. The molecule has 172 valence electrons. The number of nitrogens with zero attached hydrogens (tertiary/aromatic N) is 2. The number of amides is 2. The van der Waals surface area contributed by atoms with Crippen molar-refractivity contribution in [2.75, 3.05) is 32.0 Å².